The maximum atomic E-state index is 12.9. The molecule has 2 aromatic rings. The molecule has 1 amide bonds. The number of halogens is 3. The molecule has 25 heavy (non-hydrogen) atoms. The van der Waals surface area contributed by atoms with E-state index in [2.05, 4.69) is 5.43 Å². The van der Waals surface area contributed by atoms with E-state index >= 15 is 0 Å². The Kier molecular flexibility index (Phi) is 4.16. The summed E-state index contributed by atoms with van der Waals surface area (Å²) in [4.78, 5) is 12.8. The molecule has 8 heteroatoms. The first-order valence-electron chi connectivity index (χ1n) is 7.29. The zero-order chi connectivity index (χ0) is 18.2. The zero-order valence-electron chi connectivity index (χ0n) is 13.0. The molecule has 1 unspecified atom stereocenters. The van der Waals surface area contributed by atoms with Crippen LogP contribution in [-0.4, -0.2) is 16.1 Å². The number of para-hydroxylation sites is 1. The molecule has 130 valence electrons. The molecular weight excluding hydrogens is 353 g/mol. The topological polar surface area (TPSA) is 41.6 Å². The summed E-state index contributed by atoms with van der Waals surface area (Å²) in [5.41, 5.74) is 0.977. The summed E-state index contributed by atoms with van der Waals surface area (Å²) < 4.78 is 44.3. The van der Waals surface area contributed by atoms with Crippen LogP contribution in [0.3, 0.4) is 0 Å². The van der Waals surface area contributed by atoms with Crippen molar-refractivity contribution < 1.29 is 22.7 Å². The van der Waals surface area contributed by atoms with Gasteiger partial charge in [-0.1, -0.05) is 30.3 Å². The maximum absolute atomic E-state index is 12.9. The predicted molar refractivity (Wildman–Crippen MR) is 89.4 cm³/mol. The van der Waals surface area contributed by atoms with Gasteiger partial charge in [-0.2, -0.15) is 18.2 Å². The number of hydrazine groups is 1. The molecule has 1 heterocycles. The van der Waals surface area contributed by atoms with Gasteiger partial charge in [0.05, 0.1) is 11.3 Å². The van der Waals surface area contributed by atoms with Gasteiger partial charge in [-0.15, -0.1) is 0 Å². The Hall–Kier alpha value is -2.61. The Morgan fingerprint density at radius 2 is 1.80 bits per heavy atom. The molecule has 1 saturated heterocycles. The van der Waals surface area contributed by atoms with Gasteiger partial charge in [-0.25, -0.2) is 0 Å². The van der Waals surface area contributed by atoms with Crippen LogP contribution < -0.4 is 5.43 Å². The third-order valence-corrected chi connectivity index (χ3v) is 4.11. The number of nitrogens with zero attached hydrogens (tertiary/aromatic N) is 1. The normalized spacial score (nSPS) is 20.6. The van der Waals surface area contributed by atoms with Crippen LogP contribution in [0.1, 0.15) is 18.1 Å². The Morgan fingerprint density at radius 1 is 1.12 bits per heavy atom. The molecule has 0 spiro atoms. The lowest BCUT2D eigenvalue weighted by Gasteiger charge is -2.22. The van der Waals surface area contributed by atoms with Gasteiger partial charge in [-0.05, 0) is 43.4 Å². The second-order valence-electron chi connectivity index (χ2n) is 5.60. The van der Waals surface area contributed by atoms with Crippen molar-refractivity contribution in [3.63, 3.8) is 0 Å². The Balaban J connectivity index is 1.92. The number of alkyl halides is 3. The zero-order valence-corrected chi connectivity index (χ0v) is 13.8. The van der Waals surface area contributed by atoms with Crippen molar-refractivity contribution >= 4 is 29.0 Å². The molecule has 0 aliphatic carbocycles. The molecule has 0 aromatic heterocycles. The number of carbonyl (C=O) groups is 1. The summed E-state index contributed by atoms with van der Waals surface area (Å²) in [6.45, 7) is 1.39. The lowest BCUT2D eigenvalue weighted by atomic mass is 9.93. The van der Waals surface area contributed by atoms with Crippen LogP contribution in [0.15, 0.2) is 54.6 Å². The van der Waals surface area contributed by atoms with E-state index in [0.717, 1.165) is 17.1 Å². The Labute approximate surface area is 147 Å². The molecule has 0 radical (unpaired) electrons. The number of amides is 1. The number of anilines is 1. The van der Waals surface area contributed by atoms with Crippen LogP contribution in [0.2, 0.25) is 0 Å². The van der Waals surface area contributed by atoms with Gasteiger partial charge in [0.2, 0.25) is 5.60 Å². The van der Waals surface area contributed by atoms with Crippen molar-refractivity contribution in [1.29, 1.82) is 0 Å². The summed E-state index contributed by atoms with van der Waals surface area (Å²) >= 11 is 5.07. The largest absolute Gasteiger partial charge is 0.448 e. The molecule has 0 saturated carbocycles. The third kappa shape index (κ3) is 3.17. The average Bonchev–Trinajstić information content (AvgIpc) is 2.80. The lowest BCUT2D eigenvalue weighted by Crippen LogP contribution is -2.40. The van der Waals surface area contributed by atoms with E-state index in [0.29, 0.717) is 5.69 Å². The highest BCUT2D eigenvalue weighted by atomic mass is 32.1. The first-order valence-corrected chi connectivity index (χ1v) is 7.69. The van der Waals surface area contributed by atoms with Crippen LogP contribution in [0, 0.1) is 0 Å². The number of benzene rings is 2. The van der Waals surface area contributed by atoms with E-state index in [1.54, 1.807) is 30.3 Å². The summed E-state index contributed by atoms with van der Waals surface area (Å²) in [5.74, 6) is -0.597. The van der Waals surface area contributed by atoms with Gasteiger partial charge in [0.25, 0.3) is 11.1 Å². The smallest absolute Gasteiger partial charge is 0.416 e. The minimum atomic E-state index is -4.52. The van der Waals surface area contributed by atoms with Crippen molar-refractivity contribution in [1.82, 2.24) is 5.01 Å². The number of thiocarbonyl (C=S) groups is 1. The average molecular weight is 366 g/mol. The molecule has 3 rings (SSSR count). The second-order valence-corrected chi connectivity index (χ2v) is 5.95. The van der Waals surface area contributed by atoms with Gasteiger partial charge in [0.15, 0.2) is 0 Å². The van der Waals surface area contributed by atoms with E-state index < -0.39 is 23.2 Å². The summed E-state index contributed by atoms with van der Waals surface area (Å²) in [6, 6.07) is 13.2. The van der Waals surface area contributed by atoms with Crippen LogP contribution in [-0.2, 0) is 21.3 Å². The molecule has 0 bridgehead atoms. The Bertz CT molecular complexity index is 826. The fourth-order valence-corrected chi connectivity index (χ4v) is 2.77. The first kappa shape index (κ1) is 17.2. The van der Waals surface area contributed by atoms with Gasteiger partial charge < -0.3 is 4.74 Å². The summed E-state index contributed by atoms with van der Waals surface area (Å²) in [7, 11) is 0. The number of carbonyl (C=O) groups excluding carboxylic acids is 1. The van der Waals surface area contributed by atoms with Crippen molar-refractivity contribution in [3.05, 3.63) is 65.7 Å². The quantitative estimate of drug-likeness (QED) is 0.831. The predicted octanol–water partition coefficient (Wildman–Crippen LogP) is 4.09. The van der Waals surface area contributed by atoms with E-state index in [1.807, 2.05) is 0 Å². The Morgan fingerprint density at radius 3 is 2.44 bits per heavy atom. The monoisotopic (exact) mass is 366 g/mol. The highest BCUT2D eigenvalue weighted by Gasteiger charge is 2.51. The number of nitrogens with one attached hydrogen (secondary N) is 1. The molecular formula is C17H13F3N2O2S. The second kappa shape index (κ2) is 6.03. The maximum Gasteiger partial charge on any atom is 0.416 e. The SMILES string of the molecule is CC1(c2cccc(C(F)(F)F)c2)OC(=S)N(Nc2ccccc2)C1=O. The fourth-order valence-electron chi connectivity index (χ4n) is 2.47. The van der Waals surface area contributed by atoms with E-state index in [-0.39, 0.29) is 10.7 Å². The third-order valence-electron chi connectivity index (χ3n) is 3.84. The highest BCUT2D eigenvalue weighted by Crippen LogP contribution is 2.37. The van der Waals surface area contributed by atoms with Gasteiger partial charge in [0, 0.05) is 5.56 Å². The first-order chi connectivity index (χ1) is 11.7. The van der Waals surface area contributed by atoms with Gasteiger partial charge >= 0.3 is 6.18 Å². The number of hydrogen-bond donors (Lipinski definition) is 1. The highest BCUT2D eigenvalue weighted by molar-refractivity contribution is 7.80. The molecule has 1 fully saturated rings. The van der Waals surface area contributed by atoms with Crippen LogP contribution >= 0.6 is 12.2 Å². The van der Waals surface area contributed by atoms with Crippen LogP contribution in [0.4, 0.5) is 18.9 Å². The minimum absolute atomic E-state index is 0.0760. The fraction of sp³-hybridized carbons (Fsp3) is 0.176. The van der Waals surface area contributed by atoms with E-state index in [4.69, 9.17) is 17.0 Å². The van der Waals surface area contributed by atoms with Crippen LogP contribution in [0.5, 0.6) is 0 Å². The molecule has 1 aliphatic heterocycles. The number of hydrogen-bond acceptors (Lipinski definition) is 4. The van der Waals surface area contributed by atoms with Crippen molar-refractivity contribution in [2.75, 3.05) is 5.43 Å². The lowest BCUT2D eigenvalue weighted by molar-refractivity contribution is -0.139. The van der Waals surface area contributed by atoms with E-state index in [1.165, 1.54) is 19.1 Å². The number of ether oxygens (including phenoxy) is 1. The number of rotatable bonds is 3. The molecule has 1 aliphatic rings. The summed E-state index contributed by atoms with van der Waals surface area (Å²) in [6.07, 6.45) is -4.52. The van der Waals surface area contributed by atoms with Crippen molar-refractivity contribution in [3.8, 4) is 0 Å². The van der Waals surface area contributed by atoms with Crippen molar-refractivity contribution in [2.45, 2.75) is 18.7 Å². The minimum Gasteiger partial charge on any atom is -0.448 e. The summed E-state index contributed by atoms with van der Waals surface area (Å²) in [5, 5.41) is 0.860. The van der Waals surface area contributed by atoms with Gasteiger partial charge in [-0.3, -0.25) is 10.2 Å². The molecule has 2 aromatic carbocycles. The molecule has 1 N–H and O–H groups in total. The van der Waals surface area contributed by atoms with Crippen molar-refractivity contribution in [2.24, 2.45) is 0 Å². The van der Waals surface area contributed by atoms with Crippen LogP contribution in [0.25, 0.3) is 0 Å². The standard InChI is InChI=1S/C17H13F3N2O2S/c1-16(11-6-5-7-12(10-11)17(18,19)20)14(23)22(15(25)24-16)21-13-8-3-2-4-9-13/h2-10,21H,1H3. The molecule has 1 atom stereocenters. The molecule has 4 nitrogen and oxygen atoms in total. The van der Waals surface area contributed by atoms with E-state index in [9.17, 15) is 18.0 Å². The van der Waals surface area contributed by atoms with Gasteiger partial charge in [0.1, 0.15) is 0 Å².